The summed E-state index contributed by atoms with van der Waals surface area (Å²) in [6, 6.07) is 5.69. The highest BCUT2D eigenvalue weighted by Gasteiger charge is 2.17. The van der Waals surface area contributed by atoms with Gasteiger partial charge in [-0.1, -0.05) is 33.6 Å². The van der Waals surface area contributed by atoms with E-state index in [9.17, 15) is 4.79 Å². The van der Waals surface area contributed by atoms with Crippen molar-refractivity contribution >= 4 is 33.3 Å². The number of hydrogen-bond acceptors (Lipinski definition) is 2. The number of piperidine rings is 1. The van der Waals surface area contributed by atoms with Crippen LogP contribution < -0.4 is 5.32 Å². The molecule has 1 aromatic carbocycles. The summed E-state index contributed by atoms with van der Waals surface area (Å²) < 4.78 is 0.945. The minimum Gasteiger partial charge on any atom is -0.316 e. The van der Waals surface area contributed by atoms with Gasteiger partial charge in [-0.25, -0.2) is 0 Å². The lowest BCUT2D eigenvalue weighted by Crippen LogP contribution is -2.31. The second-order valence-corrected chi connectivity index (χ2v) is 6.19. The Morgan fingerprint density at radius 3 is 3.00 bits per heavy atom. The molecule has 0 radical (unpaired) electrons. The molecule has 1 saturated heterocycles. The summed E-state index contributed by atoms with van der Waals surface area (Å²) in [7, 11) is 0. The SMILES string of the molecule is O=C(Cc1ccc(Br)cc1Cl)CC1CCCNC1. The fraction of sp³-hybridized carbons (Fsp3) is 0.500. The van der Waals surface area contributed by atoms with Gasteiger partial charge in [-0.05, 0) is 49.5 Å². The van der Waals surface area contributed by atoms with Crippen LogP contribution in [0.1, 0.15) is 24.8 Å². The molecule has 0 spiro atoms. The molecule has 0 bridgehead atoms. The lowest BCUT2D eigenvalue weighted by Gasteiger charge is -2.22. The van der Waals surface area contributed by atoms with Gasteiger partial charge in [-0.3, -0.25) is 4.79 Å². The molecule has 1 aromatic rings. The maximum absolute atomic E-state index is 12.0. The van der Waals surface area contributed by atoms with Crippen LogP contribution in [0, 0.1) is 5.92 Å². The van der Waals surface area contributed by atoms with Gasteiger partial charge in [-0.15, -0.1) is 0 Å². The summed E-state index contributed by atoms with van der Waals surface area (Å²) in [5.41, 5.74) is 0.925. The summed E-state index contributed by atoms with van der Waals surface area (Å²) in [6.45, 7) is 2.06. The number of ketones is 1. The molecule has 1 aliphatic rings. The standard InChI is InChI=1S/C14H17BrClNO/c15-12-4-3-11(14(16)8-12)7-13(18)6-10-2-1-5-17-9-10/h3-4,8,10,17H,1-2,5-7,9H2. The van der Waals surface area contributed by atoms with Crippen LogP contribution in [-0.4, -0.2) is 18.9 Å². The molecular weight excluding hydrogens is 314 g/mol. The molecule has 2 rings (SSSR count). The molecule has 0 saturated carbocycles. The number of nitrogens with one attached hydrogen (secondary N) is 1. The zero-order chi connectivity index (χ0) is 13.0. The van der Waals surface area contributed by atoms with Gasteiger partial charge < -0.3 is 5.32 Å². The summed E-state index contributed by atoms with van der Waals surface area (Å²) in [5, 5.41) is 4.00. The lowest BCUT2D eigenvalue weighted by molar-refractivity contribution is -0.119. The number of hydrogen-bond donors (Lipinski definition) is 1. The summed E-state index contributed by atoms with van der Waals surface area (Å²) >= 11 is 9.49. The van der Waals surface area contributed by atoms with Crippen molar-refractivity contribution in [2.24, 2.45) is 5.92 Å². The molecule has 0 amide bonds. The Bertz CT molecular complexity index is 430. The van der Waals surface area contributed by atoms with E-state index in [1.54, 1.807) is 0 Å². The van der Waals surface area contributed by atoms with Crippen LogP contribution in [0.3, 0.4) is 0 Å². The number of benzene rings is 1. The first kappa shape index (κ1) is 14.0. The van der Waals surface area contributed by atoms with Crippen LogP contribution in [0.5, 0.6) is 0 Å². The zero-order valence-electron chi connectivity index (χ0n) is 10.2. The fourth-order valence-electron chi connectivity index (χ4n) is 2.37. The van der Waals surface area contributed by atoms with E-state index in [2.05, 4.69) is 21.2 Å². The minimum atomic E-state index is 0.285. The largest absolute Gasteiger partial charge is 0.316 e. The van der Waals surface area contributed by atoms with Gasteiger partial charge in [-0.2, -0.15) is 0 Å². The molecule has 98 valence electrons. The van der Waals surface area contributed by atoms with Crippen LogP contribution in [0.25, 0.3) is 0 Å². The Kier molecular flexibility index (Phi) is 5.22. The Morgan fingerprint density at radius 2 is 2.33 bits per heavy atom. The third kappa shape index (κ3) is 4.08. The van der Waals surface area contributed by atoms with Crippen LogP contribution in [-0.2, 0) is 11.2 Å². The van der Waals surface area contributed by atoms with E-state index in [0.717, 1.165) is 29.5 Å². The average Bonchev–Trinajstić information content (AvgIpc) is 2.34. The topological polar surface area (TPSA) is 29.1 Å². The first-order valence-corrected chi connectivity index (χ1v) is 7.48. The number of carbonyl (C=O) groups excluding carboxylic acids is 1. The van der Waals surface area contributed by atoms with Gasteiger partial charge in [0.2, 0.25) is 0 Å². The van der Waals surface area contributed by atoms with E-state index in [0.29, 0.717) is 23.8 Å². The maximum atomic E-state index is 12.0. The molecule has 4 heteroatoms. The molecule has 18 heavy (non-hydrogen) atoms. The Morgan fingerprint density at radius 1 is 1.50 bits per heavy atom. The van der Waals surface area contributed by atoms with Crippen molar-refractivity contribution in [3.63, 3.8) is 0 Å². The predicted molar refractivity (Wildman–Crippen MR) is 78.1 cm³/mol. The second kappa shape index (κ2) is 6.69. The van der Waals surface area contributed by atoms with Gasteiger partial charge in [0.05, 0.1) is 0 Å². The third-order valence-electron chi connectivity index (χ3n) is 3.32. The van der Waals surface area contributed by atoms with Crippen molar-refractivity contribution in [2.45, 2.75) is 25.7 Å². The number of rotatable bonds is 4. The third-order valence-corrected chi connectivity index (χ3v) is 4.16. The smallest absolute Gasteiger partial charge is 0.137 e. The fourth-order valence-corrected chi connectivity index (χ4v) is 3.11. The predicted octanol–water partition coefficient (Wildman–Crippen LogP) is 3.60. The minimum absolute atomic E-state index is 0.285. The van der Waals surface area contributed by atoms with Crippen LogP contribution in [0.4, 0.5) is 0 Å². The van der Waals surface area contributed by atoms with Crippen molar-refractivity contribution in [1.82, 2.24) is 5.32 Å². The van der Waals surface area contributed by atoms with E-state index < -0.39 is 0 Å². The van der Waals surface area contributed by atoms with Crippen molar-refractivity contribution in [3.05, 3.63) is 33.3 Å². The first-order chi connectivity index (χ1) is 8.65. The van der Waals surface area contributed by atoms with Crippen molar-refractivity contribution < 1.29 is 4.79 Å². The molecule has 1 heterocycles. The molecule has 1 unspecified atom stereocenters. The molecule has 1 atom stereocenters. The van der Waals surface area contributed by atoms with Gasteiger partial charge in [0.15, 0.2) is 0 Å². The van der Waals surface area contributed by atoms with Crippen molar-refractivity contribution in [3.8, 4) is 0 Å². The lowest BCUT2D eigenvalue weighted by atomic mass is 9.92. The molecule has 1 N–H and O–H groups in total. The monoisotopic (exact) mass is 329 g/mol. The van der Waals surface area contributed by atoms with E-state index in [1.165, 1.54) is 6.42 Å². The van der Waals surface area contributed by atoms with Gasteiger partial charge in [0.25, 0.3) is 0 Å². The van der Waals surface area contributed by atoms with E-state index >= 15 is 0 Å². The number of Topliss-reactive ketones (excluding diaryl/α,β-unsaturated/α-hetero) is 1. The maximum Gasteiger partial charge on any atom is 0.137 e. The van der Waals surface area contributed by atoms with Gasteiger partial charge in [0, 0.05) is 22.3 Å². The highest BCUT2D eigenvalue weighted by Crippen LogP contribution is 2.23. The van der Waals surface area contributed by atoms with Crippen LogP contribution in [0.2, 0.25) is 5.02 Å². The van der Waals surface area contributed by atoms with E-state index in [1.807, 2.05) is 18.2 Å². The van der Waals surface area contributed by atoms with E-state index in [4.69, 9.17) is 11.6 Å². The molecular formula is C14H17BrClNO. The molecule has 1 fully saturated rings. The Balaban J connectivity index is 1.90. The van der Waals surface area contributed by atoms with Crippen molar-refractivity contribution in [2.75, 3.05) is 13.1 Å². The molecule has 0 aromatic heterocycles. The highest BCUT2D eigenvalue weighted by atomic mass is 79.9. The number of halogens is 2. The van der Waals surface area contributed by atoms with Gasteiger partial charge >= 0.3 is 0 Å². The Hall–Kier alpha value is -0.380. The van der Waals surface area contributed by atoms with Crippen LogP contribution >= 0.6 is 27.5 Å². The molecule has 0 aliphatic carbocycles. The zero-order valence-corrected chi connectivity index (χ0v) is 12.6. The molecule has 2 nitrogen and oxygen atoms in total. The summed E-state index contributed by atoms with van der Waals surface area (Å²) in [6.07, 6.45) is 3.45. The molecule has 1 aliphatic heterocycles. The van der Waals surface area contributed by atoms with Gasteiger partial charge in [0.1, 0.15) is 5.78 Å². The second-order valence-electron chi connectivity index (χ2n) is 4.87. The van der Waals surface area contributed by atoms with Crippen molar-refractivity contribution in [1.29, 1.82) is 0 Å². The average molecular weight is 331 g/mol. The Labute approximate surface area is 121 Å². The summed E-state index contributed by atoms with van der Waals surface area (Å²) in [5.74, 6) is 0.786. The normalized spacial score (nSPS) is 19.8. The first-order valence-electron chi connectivity index (χ1n) is 6.31. The highest BCUT2D eigenvalue weighted by molar-refractivity contribution is 9.10. The van der Waals surface area contributed by atoms with E-state index in [-0.39, 0.29) is 5.78 Å². The number of carbonyl (C=O) groups is 1. The quantitative estimate of drug-likeness (QED) is 0.914. The summed E-state index contributed by atoms with van der Waals surface area (Å²) in [4.78, 5) is 12.0. The van der Waals surface area contributed by atoms with Crippen LogP contribution in [0.15, 0.2) is 22.7 Å².